The number of nitrogens with zero attached hydrogens (tertiary/aromatic N) is 4. The largest absolute Gasteiger partial charge is 0.461 e. The molecule has 116 valence electrons. The van der Waals surface area contributed by atoms with Crippen molar-refractivity contribution in [1.29, 1.82) is 0 Å². The Bertz CT molecular complexity index is 717. The van der Waals surface area contributed by atoms with Gasteiger partial charge in [0, 0.05) is 0 Å². The van der Waals surface area contributed by atoms with Gasteiger partial charge in [0.1, 0.15) is 0 Å². The number of nitrogens with one attached hydrogen (secondary N) is 1. The summed E-state index contributed by atoms with van der Waals surface area (Å²) in [4.78, 5) is 8.55. The zero-order valence-electron chi connectivity index (χ0n) is 12.6. The van der Waals surface area contributed by atoms with Gasteiger partial charge in [-0.25, -0.2) is 0 Å². The first kappa shape index (κ1) is 14.5. The van der Waals surface area contributed by atoms with Crippen LogP contribution in [0.3, 0.4) is 0 Å². The van der Waals surface area contributed by atoms with Crippen LogP contribution in [0.5, 0.6) is 0 Å². The summed E-state index contributed by atoms with van der Waals surface area (Å²) in [7, 11) is 0. The van der Waals surface area contributed by atoms with E-state index in [4.69, 9.17) is 13.5 Å². The van der Waals surface area contributed by atoms with Gasteiger partial charge < -0.3 is 13.5 Å². The summed E-state index contributed by atoms with van der Waals surface area (Å²) in [5, 5.41) is 11.0. The average molecular weight is 303 g/mol. The highest BCUT2D eigenvalue weighted by Crippen LogP contribution is 2.21. The number of aryl methyl sites for hydroxylation is 1. The van der Waals surface area contributed by atoms with Crippen molar-refractivity contribution in [3.05, 3.63) is 36.0 Å². The molecule has 8 heteroatoms. The summed E-state index contributed by atoms with van der Waals surface area (Å²) < 4.78 is 15.7. The molecule has 0 aliphatic rings. The van der Waals surface area contributed by atoms with E-state index in [0.717, 1.165) is 0 Å². The SMILES string of the molecule is Cc1noc([C@H](NCc2nc(-c3ccco3)no2)C(C)C)n1. The van der Waals surface area contributed by atoms with E-state index in [1.54, 1.807) is 25.3 Å². The van der Waals surface area contributed by atoms with Crippen molar-refractivity contribution < 1.29 is 13.5 Å². The Morgan fingerprint density at radius 2 is 2.05 bits per heavy atom. The van der Waals surface area contributed by atoms with Gasteiger partial charge in [0.2, 0.25) is 17.6 Å². The summed E-state index contributed by atoms with van der Waals surface area (Å²) in [5.41, 5.74) is 0. The fraction of sp³-hybridized carbons (Fsp3) is 0.429. The molecule has 1 N–H and O–H groups in total. The van der Waals surface area contributed by atoms with Crippen LogP contribution in [0.2, 0.25) is 0 Å². The van der Waals surface area contributed by atoms with Crippen molar-refractivity contribution in [3.8, 4) is 11.6 Å². The zero-order valence-corrected chi connectivity index (χ0v) is 12.6. The average Bonchev–Trinajstić information content (AvgIpc) is 3.19. The van der Waals surface area contributed by atoms with E-state index in [0.29, 0.717) is 35.7 Å². The molecule has 0 unspecified atom stereocenters. The second-order valence-electron chi connectivity index (χ2n) is 5.27. The van der Waals surface area contributed by atoms with Gasteiger partial charge >= 0.3 is 0 Å². The third kappa shape index (κ3) is 3.06. The number of furan rings is 1. The third-order valence-corrected chi connectivity index (χ3v) is 3.16. The number of aromatic nitrogens is 4. The Morgan fingerprint density at radius 3 is 2.68 bits per heavy atom. The first-order valence-electron chi connectivity index (χ1n) is 7.03. The van der Waals surface area contributed by atoms with Crippen LogP contribution >= 0.6 is 0 Å². The molecule has 8 nitrogen and oxygen atoms in total. The van der Waals surface area contributed by atoms with Gasteiger partial charge in [-0.3, -0.25) is 5.32 Å². The molecule has 0 saturated carbocycles. The summed E-state index contributed by atoms with van der Waals surface area (Å²) in [5.74, 6) is 2.90. The Hall–Kier alpha value is -2.48. The molecule has 1 atom stereocenters. The molecule has 0 bridgehead atoms. The van der Waals surface area contributed by atoms with E-state index in [9.17, 15) is 0 Å². The van der Waals surface area contributed by atoms with Crippen molar-refractivity contribution >= 4 is 0 Å². The number of hydrogen-bond donors (Lipinski definition) is 1. The molecule has 0 radical (unpaired) electrons. The van der Waals surface area contributed by atoms with Gasteiger partial charge in [0.25, 0.3) is 0 Å². The van der Waals surface area contributed by atoms with E-state index in [1.165, 1.54) is 0 Å². The van der Waals surface area contributed by atoms with Crippen LogP contribution in [0.15, 0.2) is 31.9 Å². The second-order valence-corrected chi connectivity index (χ2v) is 5.27. The molecule has 0 aromatic carbocycles. The molecule has 0 saturated heterocycles. The predicted octanol–water partition coefficient (Wildman–Crippen LogP) is 2.51. The summed E-state index contributed by atoms with van der Waals surface area (Å²) >= 11 is 0. The fourth-order valence-electron chi connectivity index (χ4n) is 2.08. The molecule has 3 heterocycles. The fourth-order valence-corrected chi connectivity index (χ4v) is 2.08. The standard InChI is InChI=1S/C14H17N5O3/c1-8(2)12(14-16-9(3)18-22-14)15-7-11-17-13(19-21-11)10-5-4-6-20-10/h4-6,8,12,15H,7H2,1-3H3/t12-/m1/s1. The Morgan fingerprint density at radius 1 is 1.18 bits per heavy atom. The van der Waals surface area contributed by atoms with Crippen LogP contribution in [-0.2, 0) is 6.54 Å². The van der Waals surface area contributed by atoms with Gasteiger partial charge in [-0.1, -0.05) is 24.2 Å². The van der Waals surface area contributed by atoms with Gasteiger partial charge in [0.05, 0.1) is 18.8 Å². The molecule has 0 aliphatic carbocycles. The van der Waals surface area contributed by atoms with Crippen LogP contribution in [0, 0.1) is 12.8 Å². The van der Waals surface area contributed by atoms with E-state index in [2.05, 4.69) is 39.4 Å². The van der Waals surface area contributed by atoms with Gasteiger partial charge in [0.15, 0.2) is 11.6 Å². The molecular weight excluding hydrogens is 286 g/mol. The van der Waals surface area contributed by atoms with Crippen molar-refractivity contribution in [2.45, 2.75) is 33.4 Å². The van der Waals surface area contributed by atoms with Crippen molar-refractivity contribution in [3.63, 3.8) is 0 Å². The van der Waals surface area contributed by atoms with Gasteiger partial charge in [-0.2, -0.15) is 9.97 Å². The van der Waals surface area contributed by atoms with Gasteiger partial charge in [-0.05, 0) is 25.0 Å². The van der Waals surface area contributed by atoms with E-state index < -0.39 is 0 Å². The maximum Gasteiger partial charge on any atom is 0.244 e. The van der Waals surface area contributed by atoms with Crippen LogP contribution in [-0.4, -0.2) is 20.3 Å². The lowest BCUT2D eigenvalue weighted by Gasteiger charge is -2.17. The Balaban J connectivity index is 1.68. The minimum Gasteiger partial charge on any atom is -0.461 e. The minimum absolute atomic E-state index is 0.0832. The van der Waals surface area contributed by atoms with Crippen LogP contribution in [0.4, 0.5) is 0 Å². The van der Waals surface area contributed by atoms with E-state index in [1.807, 2.05) is 0 Å². The molecule has 0 spiro atoms. The maximum atomic E-state index is 5.24. The lowest BCUT2D eigenvalue weighted by molar-refractivity contribution is 0.274. The lowest BCUT2D eigenvalue weighted by atomic mass is 10.0. The van der Waals surface area contributed by atoms with Crippen LogP contribution < -0.4 is 5.32 Å². The van der Waals surface area contributed by atoms with E-state index >= 15 is 0 Å². The molecule has 0 fully saturated rings. The summed E-state index contributed by atoms with van der Waals surface area (Å²) in [6.07, 6.45) is 1.57. The van der Waals surface area contributed by atoms with Crippen molar-refractivity contribution in [1.82, 2.24) is 25.6 Å². The summed E-state index contributed by atoms with van der Waals surface area (Å²) in [6, 6.07) is 3.47. The van der Waals surface area contributed by atoms with Crippen LogP contribution in [0.25, 0.3) is 11.6 Å². The smallest absolute Gasteiger partial charge is 0.244 e. The van der Waals surface area contributed by atoms with Gasteiger partial charge in [-0.15, -0.1) is 0 Å². The highest BCUT2D eigenvalue weighted by atomic mass is 16.5. The molecule has 0 aliphatic heterocycles. The predicted molar refractivity (Wildman–Crippen MR) is 75.5 cm³/mol. The quantitative estimate of drug-likeness (QED) is 0.741. The first-order valence-corrected chi connectivity index (χ1v) is 7.03. The minimum atomic E-state index is -0.0832. The van der Waals surface area contributed by atoms with Crippen LogP contribution in [0.1, 0.15) is 37.5 Å². The number of rotatable bonds is 6. The molecule has 3 aromatic rings. The third-order valence-electron chi connectivity index (χ3n) is 3.16. The highest BCUT2D eigenvalue weighted by molar-refractivity contribution is 5.44. The molecule has 0 amide bonds. The topological polar surface area (TPSA) is 103 Å². The number of hydrogen-bond acceptors (Lipinski definition) is 8. The second kappa shape index (κ2) is 6.10. The maximum absolute atomic E-state index is 5.24. The normalized spacial score (nSPS) is 12.9. The molecule has 3 rings (SSSR count). The highest BCUT2D eigenvalue weighted by Gasteiger charge is 2.22. The van der Waals surface area contributed by atoms with E-state index in [-0.39, 0.29) is 12.0 Å². The zero-order chi connectivity index (χ0) is 15.5. The summed E-state index contributed by atoms with van der Waals surface area (Å²) in [6.45, 7) is 6.33. The lowest BCUT2D eigenvalue weighted by Crippen LogP contribution is -2.25. The Labute approximate surface area is 126 Å². The molecule has 22 heavy (non-hydrogen) atoms. The van der Waals surface area contributed by atoms with Crippen molar-refractivity contribution in [2.24, 2.45) is 5.92 Å². The monoisotopic (exact) mass is 303 g/mol. The Kier molecular flexibility index (Phi) is 4.01. The first-order chi connectivity index (χ1) is 10.6. The van der Waals surface area contributed by atoms with Crippen molar-refractivity contribution in [2.75, 3.05) is 0 Å². The molecule has 3 aromatic heterocycles. The molecular formula is C14H17N5O3.